The molecular formula is C25H21NO5. The van der Waals surface area contributed by atoms with Gasteiger partial charge in [0.15, 0.2) is 12.0 Å². The maximum Gasteiger partial charge on any atom is 0.262 e. The molecule has 6 nitrogen and oxygen atoms in total. The number of ether oxygens (including phenoxy) is 2. The molecule has 6 heteroatoms. The van der Waals surface area contributed by atoms with E-state index in [9.17, 15) is 9.59 Å². The lowest BCUT2D eigenvalue weighted by molar-refractivity contribution is -0.118. The number of amides is 1. The van der Waals surface area contributed by atoms with Crippen LogP contribution < -0.4 is 20.2 Å². The van der Waals surface area contributed by atoms with E-state index in [-0.39, 0.29) is 17.9 Å². The van der Waals surface area contributed by atoms with Gasteiger partial charge >= 0.3 is 0 Å². The average molecular weight is 415 g/mol. The van der Waals surface area contributed by atoms with Crippen LogP contribution in [0.5, 0.6) is 11.5 Å². The van der Waals surface area contributed by atoms with Crippen molar-refractivity contribution in [2.24, 2.45) is 0 Å². The predicted octanol–water partition coefficient (Wildman–Crippen LogP) is 4.43. The molecule has 0 saturated heterocycles. The molecule has 3 aromatic carbocycles. The zero-order valence-electron chi connectivity index (χ0n) is 16.7. The van der Waals surface area contributed by atoms with E-state index in [0.717, 1.165) is 30.2 Å². The standard InChI is InChI=1S/C9H6O2.C8H7NO2.C8H8O/c10-8-5-6-11-9-4-2-1-3-7(8)9;10-8-5-11-7-4-2-1-3-6(7)9-8;1-2-4-8-7(3-1)5-6-9-8/h1-6H;1-4H,5H2,(H,9,10);1-4H,5-6H2. The van der Waals surface area contributed by atoms with Gasteiger partial charge in [0.25, 0.3) is 5.91 Å². The van der Waals surface area contributed by atoms with Crippen molar-refractivity contribution in [1.82, 2.24) is 0 Å². The Bertz CT molecular complexity index is 1220. The summed E-state index contributed by atoms with van der Waals surface area (Å²) in [4.78, 5) is 21.9. The Kier molecular flexibility index (Phi) is 6.28. The first-order valence-electron chi connectivity index (χ1n) is 9.89. The highest BCUT2D eigenvalue weighted by atomic mass is 16.5. The van der Waals surface area contributed by atoms with Gasteiger partial charge in [0.1, 0.15) is 17.1 Å². The van der Waals surface area contributed by atoms with Gasteiger partial charge in [-0.25, -0.2) is 0 Å². The maximum atomic E-state index is 11.1. The Balaban J connectivity index is 0.000000113. The molecule has 0 aliphatic carbocycles. The lowest BCUT2D eigenvalue weighted by atomic mass is 10.2. The maximum absolute atomic E-state index is 11.1. The van der Waals surface area contributed by atoms with E-state index in [2.05, 4.69) is 11.4 Å². The molecule has 0 spiro atoms. The quantitative estimate of drug-likeness (QED) is 0.460. The Labute approximate surface area is 179 Å². The monoisotopic (exact) mass is 415 g/mol. The number of anilines is 1. The zero-order chi connectivity index (χ0) is 21.5. The van der Waals surface area contributed by atoms with Crippen LogP contribution in [0.2, 0.25) is 0 Å². The Morgan fingerprint density at radius 1 is 0.742 bits per heavy atom. The van der Waals surface area contributed by atoms with Crippen LogP contribution in [0.15, 0.2) is 94.3 Å². The number of hydrogen-bond donors (Lipinski definition) is 1. The van der Waals surface area contributed by atoms with Gasteiger partial charge in [0, 0.05) is 12.5 Å². The molecule has 1 aromatic heterocycles. The average Bonchev–Trinajstić information content (AvgIpc) is 3.29. The highest BCUT2D eigenvalue weighted by Crippen LogP contribution is 2.26. The molecule has 0 radical (unpaired) electrons. The van der Waals surface area contributed by atoms with E-state index in [1.54, 1.807) is 12.1 Å². The molecule has 3 heterocycles. The van der Waals surface area contributed by atoms with E-state index in [1.165, 1.54) is 17.9 Å². The van der Waals surface area contributed by atoms with Crippen LogP contribution in [0.1, 0.15) is 5.56 Å². The van der Waals surface area contributed by atoms with Crippen molar-refractivity contribution < 1.29 is 18.7 Å². The summed E-state index contributed by atoms with van der Waals surface area (Å²) in [5, 5.41) is 3.33. The first-order valence-corrected chi connectivity index (χ1v) is 9.89. The van der Waals surface area contributed by atoms with E-state index in [0.29, 0.717) is 11.0 Å². The Morgan fingerprint density at radius 2 is 1.48 bits per heavy atom. The fourth-order valence-corrected chi connectivity index (χ4v) is 3.18. The number of hydrogen-bond acceptors (Lipinski definition) is 5. The van der Waals surface area contributed by atoms with Crippen molar-refractivity contribution >= 4 is 22.6 Å². The van der Waals surface area contributed by atoms with Crippen LogP contribution in [0, 0.1) is 0 Å². The van der Waals surface area contributed by atoms with Gasteiger partial charge in [-0.05, 0) is 35.9 Å². The van der Waals surface area contributed by atoms with E-state index in [1.807, 2.05) is 54.6 Å². The number of rotatable bonds is 0. The molecule has 0 atom stereocenters. The number of nitrogens with one attached hydrogen (secondary N) is 1. The first kappa shape index (κ1) is 20.2. The van der Waals surface area contributed by atoms with Gasteiger partial charge in [-0.1, -0.05) is 42.5 Å². The molecule has 1 amide bonds. The third-order valence-corrected chi connectivity index (χ3v) is 4.69. The summed E-state index contributed by atoms with van der Waals surface area (Å²) in [5.41, 5.74) is 2.74. The van der Waals surface area contributed by atoms with Gasteiger partial charge < -0.3 is 19.2 Å². The molecule has 1 N–H and O–H groups in total. The third kappa shape index (κ3) is 5.11. The molecule has 0 fully saturated rings. The number of benzene rings is 3. The van der Waals surface area contributed by atoms with Gasteiger partial charge in [0.2, 0.25) is 0 Å². The predicted molar refractivity (Wildman–Crippen MR) is 119 cm³/mol. The minimum absolute atomic E-state index is 0.00634. The van der Waals surface area contributed by atoms with Gasteiger partial charge in [0.05, 0.1) is 23.9 Å². The summed E-state index contributed by atoms with van der Waals surface area (Å²) >= 11 is 0. The number of carbonyl (C=O) groups excluding carboxylic acids is 1. The molecule has 4 aromatic rings. The third-order valence-electron chi connectivity index (χ3n) is 4.69. The van der Waals surface area contributed by atoms with E-state index in [4.69, 9.17) is 13.9 Å². The molecule has 6 rings (SSSR count). The van der Waals surface area contributed by atoms with Crippen molar-refractivity contribution in [3.63, 3.8) is 0 Å². The first-order chi connectivity index (χ1) is 15.2. The van der Waals surface area contributed by atoms with Crippen molar-refractivity contribution in [3.8, 4) is 11.5 Å². The molecule has 156 valence electrons. The molecule has 0 unspecified atom stereocenters. The fraction of sp³-hybridized carbons (Fsp3) is 0.120. The van der Waals surface area contributed by atoms with Crippen LogP contribution in [0.4, 0.5) is 5.69 Å². The minimum atomic E-state index is -0.0938. The normalized spacial score (nSPS) is 13.1. The zero-order valence-corrected chi connectivity index (χ0v) is 16.7. The van der Waals surface area contributed by atoms with Crippen molar-refractivity contribution in [1.29, 1.82) is 0 Å². The van der Waals surface area contributed by atoms with Gasteiger partial charge in [-0.3, -0.25) is 9.59 Å². The highest BCUT2D eigenvalue weighted by Gasteiger charge is 2.13. The molecule has 0 bridgehead atoms. The fourth-order valence-electron chi connectivity index (χ4n) is 3.18. The molecule has 0 saturated carbocycles. The Morgan fingerprint density at radius 3 is 2.32 bits per heavy atom. The summed E-state index contributed by atoms with van der Waals surface area (Å²) < 4.78 is 15.5. The second-order valence-corrected chi connectivity index (χ2v) is 6.82. The topological polar surface area (TPSA) is 77.8 Å². The highest BCUT2D eigenvalue weighted by molar-refractivity contribution is 5.95. The van der Waals surface area contributed by atoms with Crippen LogP contribution >= 0.6 is 0 Å². The smallest absolute Gasteiger partial charge is 0.262 e. The van der Waals surface area contributed by atoms with Crippen LogP contribution in [-0.4, -0.2) is 19.1 Å². The second kappa shape index (κ2) is 9.63. The summed E-state index contributed by atoms with van der Waals surface area (Å²) in [6.07, 6.45) is 2.49. The lowest BCUT2D eigenvalue weighted by Gasteiger charge is -2.16. The Hall–Kier alpha value is -4.06. The largest absolute Gasteiger partial charge is 0.493 e. The molecular weight excluding hydrogens is 394 g/mol. The molecule has 2 aliphatic heterocycles. The lowest BCUT2D eigenvalue weighted by Crippen LogP contribution is -2.25. The van der Waals surface area contributed by atoms with Crippen molar-refractivity contribution in [2.75, 3.05) is 18.5 Å². The number of para-hydroxylation sites is 4. The second-order valence-electron chi connectivity index (χ2n) is 6.82. The number of carbonyl (C=O) groups is 1. The van der Waals surface area contributed by atoms with Crippen LogP contribution in [0.3, 0.4) is 0 Å². The number of fused-ring (bicyclic) bond motifs is 3. The van der Waals surface area contributed by atoms with Crippen molar-refractivity contribution in [2.45, 2.75) is 6.42 Å². The summed E-state index contributed by atoms with van der Waals surface area (Å²) in [6.45, 7) is 0.982. The van der Waals surface area contributed by atoms with E-state index >= 15 is 0 Å². The minimum Gasteiger partial charge on any atom is -0.493 e. The molecule has 2 aliphatic rings. The van der Waals surface area contributed by atoms with Gasteiger partial charge in [-0.2, -0.15) is 0 Å². The van der Waals surface area contributed by atoms with Crippen molar-refractivity contribution in [3.05, 3.63) is 101 Å². The van der Waals surface area contributed by atoms with Crippen LogP contribution in [0.25, 0.3) is 11.0 Å². The van der Waals surface area contributed by atoms with Crippen LogP contribution in [-0.2, 0) is 11.2 Å². The van der Waals surface area contributed by atoms with Gasteiger partial charge in [-0.15, -0.1) is 0 Å². The summed E-state index contributed by atoms with van der Waals surface area (Å²) in [7, 11) is 0. The summed E-state index contributed by atoms with van der Waals surface area (Å²) in [6, 6.07) is 24.2. The van der Waals surface area contributed by atoms with E-state index < -0.39 is 0 Å². The molecule has 31 heavy (non-hydrogen) atoms. The summed E-state index contributed by atoms with van der Waals surface area (Å²) in [5.74, 6) is 1.72. The SMILES string of the molecule is O=C1COc2ccccc2N1.O=c1ccoc2ccccc12.c1ccc2c(c1)CCO2.